The van der Waals surface area contributed by atoms with E-state index in [0.717, 1.165) is 36.3 Å². The largest absolute Gasteiger partial charge is 0.469 e. The number of methoxy groups -OCH3 is 2. The first-order valence-electron chi connectivity index (χ1n) is 10.3. The van der Waals surface area contributed by atoms with Crippen molar-refractivity contribution in [2.75, 3.05) is 26.1 Å². The Hall–Kier alpha value is -2.32. The Kier molecular flexibility index (Phi) is 7.93. The van der Waals surface area contributed by atoms with E-state index in [9.17, 15) is 9.59 Å². The van der Waals surface area contributed by atoms with Gasteiger partial charge in [-0.1, -0.05) is 54.5 Å². The highest BCUT2D eigenvalue weighted by atomic mass is 32.1. The Morgan fingerprint density at radius 3 is 2.57 bits per heavy atom. The summed E-state index contributed by atoms with van der Waals surface area (Å²) in [5.41, 5.74) is 0.565. The summed E-state index contributed by atoms with van der Waals surface area (Å²) in [7, 11) is 2.99. The first kappa shape index (κ1) is 22.4. The van der Waals surface area contributed by atoms with Gasteiger partial charge in [0.25, 0.3) is 0 Å². The fraction of sp³-hybridized carbons (Fsp3) is 0.545. The van der Waals surface area contributed by atoms with E-state index < -0.39 is 5.41 Å². The van der Waals surface area contributed by atoms with Crippen molar-refractivity contribution in [2.45, 2.75) is 44.9 Å². The number of carbonyl (C=O) groups is 2. The number of hydrogen-bond donors (Lipinski definition) is 1. The smallest absolute Gasteiger partial charge is 0.308 e. The van der Waals surface area contributed by atoms with Crippen molar-refractivity contribution in [3.8, 4) is 0 Å². The van der Waals surface area contributed by atoms with Crippen LogP contribution in [-0.2, 0) is 25.5 Å². The molecule has 0 spiro atoms. The summed E-state index contributed by atoms with van der Waals surface area (Å²) in [6.45, 7) is 0.455. The van der Waals surface area contributed by atoms with Gasteiger partial charge in [0.05, 0.1) is 18.4 Å². The number of nitrogens with zero attached hydrogens (tertiary/aromatic N) is 2. The van der Waals surface area contributed by atoms with E-state index in [4.69, 9.17) is 9.47 Å². The van der Waals surface area contributed by atoms with Gasteiger partial charge in [-0.2, -0.15) is 0 Å². The van der Waals surface area contributed by atoms with Crippen LogP contribution < -0.4 is 5.32 Å². The molecule has 8 heteroatoms. The summed E-state index contributed by atoms with van der Waals surface area (Å²) in [5, 5.41) is 12.7. The molecule has 30 heavy (non-hydrogen) atoms. The minimum atomic E-state index is -0.585. The quantitative estimate of drug-likeness (QED) is 0.575. The third-order valence-corrected chi connectivity index (χ3v) is 6.61. The molecule has 1 fully saturated rings. The number of anilines is 1. The summed E-state index contributed by atoms with van der Waals surface area (Å²) in [5.74, 6) is -0.720. The molecule has 2 aromatic rings. The molecule has 1 aromatic heterocycles. The molecule has 0 bridgehead atoms. The van der Waals surface area contributed by atoms with Crippen molar-refractivity contribution in [1.82, 2.24) is 10.2 Å². The summed E-state index contributed by atoms with van der Waals surface area (Å²) >= 11 is 1.39. The lowest BCUT2D eigenvalue weighted by Gasteiger charge is -2.30. The van der Waals surface area contributed by atoms with E-state index in [1.54, 1.807) is 7.11 Å². The molecule has 1 unspecified atom stereocenters. The second-order valence-electron chi connectivity index (χ2n) is 7.81. The average Bonchev–Trinajstić information content (AvgIpc) is 3.41. The Labute approximate surface area is 181 Å². The zero-order valence-electron chi connectivity index (χ0n) is 17.6. The van der Waals surface area contributed by atoms with Crippen molar-refractivity contribution in [1.29, 1.82) is 0 Å². The molecule has 1 heterocycles. The van der Waals surface area contributed by atoms with Crippen LogP contribution in [0.25, 0.3) is 0 Å². The van der Waals surface area contributed by atoms with Crippen molar-refractivity contribution in [3.63, 3.8) is 0 Å². The predicted octanol–water partition coefficient (Wildman–Crippen LogP) is 3.84. The Morgan fingerprint density at radius 1 is 1.17 bits per heavy atom. The summed E-state index contributed by atoms with van der Waals surface area (Å²) in [6, 6.07) is 10.0. The zero-order chi connectivity index (χ0) is 21.4. The SMILES string of the molecule is COCCC(CC1(C(=O)Nc2nnc(Cc3ccccc3)s2)CCCC1)C(=O)OC. The number of benzene rings is 1. The number of hydrogen-bond acceptors (Lipinski definition) is 7. The van der Waals surface area contributed by atoms with E-state index in [2.05, 4.69) is 15.5 Å². The molecule has 3 rings (SSSR count). The average molecular weight is 432 g/mol. The van der Waals surface area contributed by atoms with Gasteiger partial charge >= 0.3 is 5.97 Å². The second kappa shape index (κ2) is 10.6. The fourth-order valence-electron chi connectivity index (χ4n) is 4.15. The number of ether oxygens (including phenoxy) is 2. The Balaban J connectivity index is 1.68. The molecule has 1 atom stereocenters. The fourth-order valence-corrected chi connectivity index (χ4v) is 4.92. The third-order valence-electron chi connectivity index (χ3n) is 5.77. The van der Waals surface area contributed by atoms with E-state index >= 15 is 0 Å². The number of amides is 1. The molecule has 1 amide bonds. The van der Waals surface area contributed by atoms with Gasteiger partial charge in [0.1, 0.15) is 5.01 Å². The summed E-state index contributed by atoms with van der Waals surface area (Å²) < 4.78 is 10.1. The van der Waals surface area contributed by atoms with Crippen LogP contribution in [0.15, 0.2) is 30.3 Å². The third kappa shape index (κ3) is 5.64. The standard InChI is InChI=1S/C22H29N3O4S/c1-28-13-10-17(19(26)29-2)15-22(11-6-7-12-22)20(27)23-21-25-24-18(30-21)14-16-8-4-3-5-9-16/h3-5,8-9,17H,6-7,10-15H2,1-2H3,(H,23,25,27). The van der Waals surface area contributed by atoms with Crippen molar-refractivity contribution >= 4 is 28.3 Å². The molecule has 1 N–H and O–H groups in total. The number of rotatable bonds is 10. The highest BCUT2D eigenvalue weighted by Gasteiger charge is 2.44. The molecule has 1 aliphatic carbocycles. The molecule has 1 saturated carbocycles. The van der Waals surface area contributed by atoms with E-state index in [0.29, 0.717) is 31.0 Å². The van der Waals surface area contributed by atoms with Gasteiger partial charge in [-0.3, -0.25) is 9.59 Å². The van der Waals surface area contributed by atoms with Gasteiger partial charge in [0.2, 0.25) is 11.0 Å². The second-order valence-corrected chi connectivity index (χ2v) is 8.87. The van der Waals surface area contributed by atoms with Gasteiger partial charge in [-0.05, 0) is 31.2 Å². The number of nitrogens with one attached hydrogen (secondary N) is 1. The van der Waals surface area contributed by atoms with Crippen LogP contribution in [0.2, 0.25) is 0 Å². The molecule has 0 saturated heterocycles. The Bertz CT molecular complexity index is 834. The molecule has 1 aliphatic rings. The van der Waals surface area contributed by atoms with Crippen LogP contribution >= 0.6 is 11.3 Å². The zero-order valence-corrected chi connectivity index (χ0v) is 18.4. The molecule has 7 nitrogen and oxygen atoms in total. The lowest BCUT2D eigenvalue weighted by Crippen LogP contribution is -2.37. The molecular formula is C22H29N3O4S. The minimum Gasteiger partial charge on any atom is -0.469 e. The normalized spacial score (nSPS) is 16.2. The first-order valence-corrected chi connectivity index (χ1v) is 11.1. The number of aromatic nitrogens is 2. The van der Waals surface area contributed by atoms with Crippen LogP contribution in [0.1, 0.15) is 49.1 Å². The van der Waals surface area contributed by atoms with Crippen LogP contribution in [0.4, 0.5) is 5.13 Å². The highest BCUT2D eigenvalue weighted by molar-refractivity contribution is 7.15. The van der Waals surface area contributed by atoms with Gasteiger partial charge in [-0.25, -0.2) is 0 Å². The van der Waals surface area contributed by atoms with Crippen molar-refractivity contribution in [2.24, 2.45) is 11.3 Å². The van der Waals surface area contributed by atoms with Crippen molar-refractivity contribution in [3.05, 3.63) is 40.9 Å². The number of carbonyl (C=O) groups excluding carboxylic acids is 2. The highest BCUT2D eigenvalue weighted by Crippen LogP contribution is 2.45. The maximum atomic E-state index is 13.3. The molecular weight excluding hydrogens is 402 g/mol. The molecule has 1 aromatic carbocycles. The van der Waals surface area contributed by atoms with Crippen LogP contribution in [0, 0.1) is 11.3 Å². The lowest BCUT2D eigenvalue weighted by molar-refractivity contribution is -0.148. The molecule has 0 aliphatic heterocycles. The first-order chi connectivity index (χ1) is 14.6. The monoisotopic (exact) mass is 431 g/mol. The molecule has 0 radical (unpaired) electrons. The van der Waals surface area contributed by atoms with Gasteiger partial charge < -0.3 is 14.8 Å². The van der Waals surface area contributed by atoms with E-state index in [1.165, 1.54) is 18.4 Å². The lowest BCUT2D eigenvalue weighted by atomic mass is 9.76. The van der Waals surface area contributed by atoms with Gasteiger partial charge in [0.15, 0.2) is 0 Å². The van der Waals surface area contributed by atoms with Crippen LogP contribution in [0.5, 0.6) is 0 Å². The predicted molar refractivity (Wildman–Crippen MR) is 115 cm³/mol. The van der Waals surface area contributed by atoms with E-state index in [-0.39, 0.29) is 17.8 Å². The van der Waals surface area contributed by atoms with Crippen molar-refractivity contribution < 1.29 is 19.1 Å². The minimum absolute atomic E-state index is 0.0752. The summed E-state index contributed by atoms with van der Waals surface area (Å²) in [6.07, 6.45) is 5.15. The maximum Gasteiger partial charge on any atom is 0.308 e. The molecule has 162 valence electrons. The van der Waals surface area contributed by atoms with Crippen LogP contribution in [0.3, 0.4) is 0 Å². The summed E-state index contributed by atoms with van der Waals surface area (Å²) in [4.78, 5) is 25.5. The topological polar surface area (TPSA) is 90.4 Å². The Morgan fingerprint density at radius 2 is 1.90 bits per heavy atom. The van der Waals surface area contributed by atoms with Gasteiger partial charge in [-0.15, -0.1) is 10.2 Å². The maximum absolute atomic E-state index is 13.3. The number of esters is 1. The van der Waals surface area contributed by atoms with Crippen LogP contribution in [-0.4, -0.2) is 42.9 Å². The van der Waals surface area contributed by atoms with Gasteiger partial charge in [0, 0.05) is 20.1 Å². The van der Waals surface area contributed by atoms with E-state index in [1.807, 2.05) is 30.3 Å².